The molecule has 0 bridgehead atoms. The minimum atomic E-state index is -3.88. The Morgan fingerprint density at radius 3 is 2.74 bits per heavy atom. The Kier molecular flexibility index (Phi) is 3.91. The van der Waals surface area contributed by atoms with Gasteiger partial charge < -0.3 is 5.32 Å². The van der Waals surface area contributed by atoms with Crippen molar-refractivity contribution < 1.29 is 13.2 Å². The maximum absolute atomic E-state index is 11.9. The summed E-state index contributed by atoms with van der Waals surface area (Å²) in [5, 5.41) is 11.5. The second-order valence-corrected chi connectivity index (χ2v) is 6.49. The lowest BCUT2D eigenvalue weighted by Crippen LogP contribution is -2.19. The van der Waals surface area contributed by atoms with E-state index >= 15 is 0 Å². The standard InChI is InChI=1S/C11H18N4O3S/c1-15-7-9(19(12,17)18)11(14-15)13-10(16)6-8-4-2-3-5-8/h7-8H,2-6H2,1H3,(H2,12,17,18)(H,13,14,16). The third kappa shape index (κ3) is 3.54. The van der Waals surface area contributed by atoms with Crippen LogP contribution in [-0.4, -0.2) is 24.1 Å². The van der Waals surface area contributed by atoms with Crippen LogP contribution in [-0.2, 0) is 21.9 Å². The lowest BCUT2D eigenvalue weighted by Gasteiger charge is -2.08. The number of aromatic nitrogens is 2. The van der Waals surface area contributed by atoms with E-state index in [4.69, 9.17) is 5.14 Å². The molecule has 8 heteroatoms. The molecular formula is C11H18N4O3S. The van der Waals surface area contributed by atoms with Crippen LogP contribution in [0.2, 0.25) is 0 Å². The van der Waals surface area contributed by atoms with Crippen LogP contribution in [0.3, 0.4) is 0 Å². The number of anilines is 1. The molecule has 2 rings (SSSR count). The highest BCUT2D eigenvalue weighted by atomic mass is 32.2. The fourth-order valence-corrected chi connectivity index (χ4v) is 3.08. The van der Waals surface area contributed by atoms with Gasteiger partial charge in [-0.15, -0.1) is 0 Å². The highest BCUT2D eigenvalue weighted by molar-refractivity contribution is 7.89. The predicted octanol–water partition coefficient (Wildman–Crippen LogP) is 0.586. The molecule has 19 heavy (non-hydrogen) atoms. The molecule has 1 heterocycles. The Morgan fingerprint density at radius 2 is 2.16 bits per heavy atom. The molecule has 1 saturated carbocycles. The summed E-state index contributed by atoms with van der Waals surface area (Å²) in [5.74, 6) is 0.185. The molecule has 0 spiro atoms. The second kappa shape index (κ2) is 5.30. The van der Waals surface area contributed by atoms with Gasteiger partial charge in [-0.05, 0) is 18.8 Å². The van der Waals surface area contributed by atoms with Crippen molar-refractivity contribution in [1.29, 1.82) is 0 Å². The van der Waals surface area contributed by atoms with Crippen LogP contribution >= 0.6 is 0 Å². The number of nitrogens with two attached hydrogens (primary N) is 1. The van der Waals surface area contributed by atoms with Gasteiger partial charge in [-0.1, -0.05) is 12.8 Å². The minimum Gasteiger partial charge on any atom is -0.308 e. The average Bonchev–Trinajstić information content (AvgIpc) is 2.87. The highest BCUT2D eigenvalue weighted by Crippen LogP contribution is 2.28. The summed E-state index contributed by atoms with van der Waals surface area (Å²) < 4.78 is 24.0. The SMILES string of the molecule is Cn1cc(S(N)(=O)=O)c(NC(=O)CC2CCCC2)n1. The Hall–Kier alpha value is -1.41. The fourth-order valence-electron chi connectivity index (χ4n) is 2.42. The first-order chi connectivity index (χ1) is 8.86. The topological polar surface area (TPSA) is 107 Å². The van der Waals surface area contributed by atoms with Crippen LogP contribution in [0.15, 0.2) is 11.1 Å². The van der Waals surface area contributed by atoms with Crippen molar-refractivity contribution in [1.82, 2.24) is 9.78 Å². The summed E-state index contributed by atoms with van der Waals surface area (Å²) in [5.41, 5.74) is 0. The molecule has 1 aromatic rings. The van der Waals surface area contributed by atoms with Gasteiger partial charge in [0.25, 0.3) is 0 Å². The molecule has 1 aliphatic rings. The second-order valence-electron chi connectivity index (χ2n) is 4.96. The van der Waals surface area contributed by atoms with E-state index in [9.17, 15) is 13.2 Å². The monoisotopic (exact) mass is 286 g/mol. The zero-order valence-corrected chi connectivity index (χ0v) is 11.6. The van der Waals surface area contributed by atoms with Gasteiger partial charge >= 0.3 is 0 Å². The Balaban J connectivity index is 2.08. The van der Waals surface area contributed by atoms with Gasteiger partial charge in [0, 0.05) is 19.7 Å². The van der Waals surface area contributed by atoms with Gasteiger partial charge in [0.1, 0.15) is 4.90 Å². The highest BCUT2D eigenvalue weighted by Gasteiger charge is 2.22. The summed E-state index contributed by atoms with van der Waals surface area (Å²) in [7, 11) is -2.31. The maximum Gasteiger partial charge on any atom is 0.243 e. The summed E-state index contributed by atoms with van der Waals surface area (Å²) >= 11 is 0. The number of rotatable bonds is 4. The summed E-state index contributed by atoms with van der Waals surface area (Å²) in [6.45, 7) is 0. The van der Waals surface area contributed by atoms with Crippen LogP contribution < -0.4 is 10.5 Å². The number of nitrogens with zero attached hydrogens (tertiary/aromatic N) is 2. The molecule has 1 fully saturated rings. The first kappa shape index (κ1) is 14.0. The van der Waals surface area contributed by atoms with Crippen molar-refractivity contribution in [3.05, 3.63) is 6.20 Å². The Labute approximate surface area is 112 Å². The van der Waals surface area contributed by atoms with E-state index in [1.807, 2.05) is 0 Å². The molecule has 106 valence electrons. The number of nitrogens with one attached hydrogen (secondary N) is 1. The molecule has 0 unspecified atom stereocenters. The summed E-state index contributed by atoms with van der Waals surface area (Å²) in [4.78, 5) is 11.7. The molecule has 0 radical (unpaired) electrons. The van der Waals surface area contributed by atoms with Crippen LogP contribution in [0.1, 0.15) is 32.1 Å². The number of primary sulfonamides is 1. The van der Waals surface area contributed by atoms with E-state index in [0.717, 1.165) is 25.7 Å². The number of amides is 1. The molecule has 0 atom stereocenters. The van der Waals surface area contributed by atoms with Gasteiger partial charge in [-0.25, -0.2) is 13.6 Å². The number of sulfonamides is 1. The van der Waals surface area contributed by atoms with Crippen molar-refractivity contribution in [2.24, 2.45) is 18.1 Å². The quantitative estimate of drug-likeness (QED) is 0.844. The van der Waals surface area contributed by atoms with Crippen molar-refractivity contribution in [2.75, 3.05) is 5.32 Å². The van der Waals surface area contributed by atoms with E-state index in [1.165, 1.54) is 10.9 Å². The predicted molar refractivity (Wildman–Crippen MR) is 69.8 cm³/mol. The van der Waals surface area contributed by atoms with Crippen molar-refractivity contribution in [3.63, 3.8) is 0 Å². The largest absolute Gasteiger partial charge is 0.308 e. The van der Waals surface area contributed by atoms with Crippen molar-refractivity contribution >= 4 is 21.7 Å². The van der Waals surface area contributed by atoms with Crippen LogP contribution in [0.4, 0.5) is 5.82 Å². The molecule has 1 amide bonds. The third-order valence-corrected chi connectivity index (χ3v) is 4.22. The Morgan fingerprint density at radius 1 is 1.53 bits per heavy atom. The van der Waals surface area contributed by atoms with Gasteiger partial charge in [0.15, 0.2) is 5.82 Å². The van der Waals surface area contributed by atoms with E-state index in [0.29, 0.717) is 12.3 Å². The van der Waals surface area contributed by atoms with Crippen molar-refractivity contribution in [3.8, 4) is 0 Å². The zero-order chi connectivity index (χ0) is 14.0. The average molecular weight is 286 g/mol. The number of carbonyl (C=O) groups is 1. The molecule has 0 aliphatic heterocycles. The number of hydrogen-bond donors (Lipinski definition) is 2. The van der Waals surface area contributed by atoms with Gasteiger partial charge in [-0.2, -0.15) is 5.10 Å². The Bertz CT molecular complexity index is 573. The lowest BCUT2D eigenvalue weighted by atomic mass is 10.0. The number of hydrogen-bond acceptors (Lipinski definition) is 4. The van der Waals surface area contributed by atoms with Crippen LogP contribution in [0.5, 0.6) is 0 Å². The van der Waals surface area contributed by atoms with E-state index in [2.05, 4.69) is 10.4 Å². The molecule has 1 aliphatic carbocycles. The van der Waals surface area contributed by atoms with E-state index in [1.54, 1.807) is 7.05 Å². The number of carbonyl (C=O) groups excluding carboxylic acids is 1. The van der Waals surface area contributed by atoms with E-state index in [-0.39, 0.29) is 16.6 Å². The van der Waals surface area contributed by atoms with Crippen LogP contribution in [0, 0.1) is 5.92 Å². The fraction of sp³-hybridized carbons (Fsp3) is 0.636. The minimum absolute atomic E-state index is 0.00740. The molecule has 0 aromatic carbocycles. The van der Waals surface area contributed by atoms with Gasteiger partial charge in [0.05, 0.1) is 0 Å². The lowest BCUT2D eigenvalue weighted by molar-refractivity contribution is -0.117. The molecule has 1 aromatic heterocycles. The smallest absolute Gasteiger partial charge is 0.243 e. The summed E-state index contributed by atoms with van der Waals surface area (Å²) in [6.07, 6.45) is 6.10. The van der Waals surface area contributed by atoms with E-state index < -0.39 is 10.0 Å². The first-order valence-electron chi connectivity index (χ1n) is 6.22. The van der Waals surface area contributed by atoms with Crippen molar-refractivity contribution in [2.45, 2.75) is 37.0 Å². The molecule has 0 saturated heterocycles. The molecular weight excluding hydrogens is 268 g/mol. The number of aryl methyl sites for hydroxylation is 1. The van der Waals surface area contributed by atoms with Crippen LogP contribution in [0.25, 0.3) is 0 Å². The van der Waals surface area contributed by atoms with Gasteiger partial charge in [0.2, 0.25) is 15.9 Å². The first-order valence-corrected chi connectivity index (χ1v) is 7.77. The summed E-state index contributed by atoms with van der Waals surface area (Å²) in [6, 6.07) is 0. The van der Waals surface area contributed by atoms with Gasteiger partial charge in [-0.3, -0.25) is 9.48 Å². The zero-order valence-electron chi connectivity index (χ0n) is 10.8. The normalized spacial score (nSPS) is 16.7. The third-order valence-electron chi connectivity index (χ3n) is 3.31. The molecule has 7 nitrogen and oxygen atoms in total. The molecule has 3 N–H and O–H groups in total. The maximum atomic E-state index is 11.9.